The van der Waals surface area contributed by atoms with Crippen molar-refractivity contribution in [2.75, 3.05) is 53.5 Å². The number of carbonyl (C=O) groups is 2. The Morgan fingerprint density at radius 1 is 0.536 bits per heavy atom. The van der Waals surface area contributed by atoms with Crippen molar-refractivity contribution >= 4 is 22.2 Å². The highest BCUT2D eigenvalue weighted by atomic mass is 32.3. The van der Waals surface area contributed by atoms with E-state index in [1.54, 1.807) is 0 Å². The summed E-state index contributed by atoms with van der Waals surface area (Å²) in [6.07, 6.45) is 36.5. The molecule has 0 radical (unpaired) electrons. The molecular formula is C45H93N3O7S. The average molecular weight is 820 g/mol. The third-order valence-corrected chi connectivity index (χ3v) is 11.3. The second-order valence-electron chi connectivity index (χ2n) is 17.5. The summed E-state index contributed by atoms with van der Waals surface area (Å²) in [5.74, 6) is 2.02. The first-order valence-electron chi connectivity index (χ1n) is 23.2. The molecule has 0 fully saturated rings. The summed E-state index contributed by atoms with van der Waals surface area (Å²) in [5.41, 5.74) is 0. The first-order chi connectivity index (χ1) is 26.7. The van der Waals surface area contributed by atoms with Crippen LogP contribution in [0.25, 0.3) is 0 Å². The Labute approximate surface area is 347 Å². The molecule has 0 saturated heterocycles. The molecule has 0 heterocycles. The molecule has 0 bridgehead atoms. The molecule has 0 aromatic rings. The molecule has 0 rings (SSSR count). The molecule has 56 heavy (non-hydrogen) atoms. The summed E-state index contributed by atoms with van der Waals surface area (Å²) in [6, 6.07) is 0. The van der Waals surface area contributed by atoms with Crippen molar-refractivity contribution in [1.29, 1.82) is 0 Å². The maximum atomic E-state index is 12.4. The van der Waals surface area contributed by atoms with E-state index in [1.807, 2.05) is 0 Å². The van der Waals surface area contributed by atoms with E-state index in [4.69, 9.17) is 0 Å². The number of quaternary nitrogens is 1. The molecule has 0 aromatic heterocycles. The maximum absolute atomic E-state index is 12.4. The fraction of sp³-hybridized carbons (Fsp3) is 0.956. The summed E-state index contributed by atoms with van der Waals surface area (Å²) in [6.45, 7) is 13.1. The first-order valence-corrected chi connectivity index (χ1v) is 24.6. The van der Waals surface area contributed by atoms with Crippen molar-refractivity contribution in [3.63, 3.8) is 0 Å². The van der Waals surface area contributed by atoms with Gasteiger partial charge in [0, 0.05) is 25.8 Å². The Bertz CT molecular complexity index is 981. The number of nitrogens with zero attached hydrogens (tertiary/aromatic N) is 1. The lowest BCUT2D eigenvalue weighted by Gasteiger charge is -2.34. The van der Waals surface area contributed by atoms with Gasteiger partial charge in [0.05, 0.1) is 40.4 Å². The summed E-state index contributed by atoms with van der Waals surface area (Å²) in [5, 5.41) is 15.9. The van der Waals surface area contributed by atoms with Gasteiger partial charge in [0.1, 0.15) is 6.54 Å². The van der Waals surface area contributed by atoms with Crippen LogP contribution in [-0.2, 0) is 24.2 Å². The standard InChI is InChI=1S/C44H89N3O3.CH4O4S/c1-41(2)31-26-22-18-14-10-6-8-12-16-20-24-28-33-43(49)45-35-30-37-47(5,39-40-48)38-36-46-44(50)34-29-25-21-17-13-9-7-11-15-19-23-27-32-42(3)4;1-5-6(2,3)4/h41-42,48H,6-40H2,1-5H3,(H-,45,46,49,50);1H3,(H,2,3,4). The van der Waals surface area contributed by atoms with Gasteiger partial charge in [0.2, 0.25) is 22.2 Å². The molecule has 2 amide bonds. The Balaban J connectivity index is 0. The molecule has 0 spiro atoms. The zero-order valence-electron chi connectivity index (χ0n) is 37.7. The number of carbonyl (C=O) groups excluding carboxylic acids is 2. The van der Waals surface area contributed by atoms with Gasteiger partial charge in [0.25, 0.3) is 0 Å². The van der Waals surface area contributed by atoms with Gasteiger partial charge in [-0.15, -0.1) is 0 Å². The van der Waals surface area contributed by atoms with Crippen LogP contribution in [0, 0.1) is 11.8 Å². The van der Waals surface area contributed by atoms with Gasteiger partial charge in [0.15, 0.2) is 0 Å². The van der Waals surface area contributed by atoms with Crippen LogP contribution in [0.1, 0.15) is 214 Å². The van der Waals surface area contributed by atoms with Crippen LogP contribution in [0.15, 0.2) is 0 Å². The Morgan fingerprint density at radius 3 is 1.14 bits per heavy atom. The van der Waals surface area contributed by atoms with Crippen LogP contribution < -0.4 is 10.6 Å². The number of likely N-dealkylation sites (N-methyl/N-ethyl adjacent to an activating group) is 1. The van der Waals surface area contributed by atoms with Crippen molar-refractivity contribution in [3.8, 4) is 0 Å². The van der Waals surface area contributed by atoms with E-state index >= 15 is 0 Å². The normalized spacial score (nSPS) is 12.8. The topological polar surface area (TPSA) is 145 Å². The third-order valence-electron chi connectivity index (χ3n) is 10.9. The van der Waals surface area contributed by atoms with E-state index in [0.29, 0.717) is 37.0 Å². The largest absolute Gasteiger partial charge is 0.726 e. The second-order valence-corrected chi connectivity index (χ2v) is 18.6. The lowest BCUT2D eigenvalue weighted by atomic mass is 10.0. The van der Waals surface area contributed by atoms with Crippen LogP contribution in [0.2, 0.25) is 0 Å². The number of unbranched alkanes of at least 4 members (excludes halogenated alkanes) is 22. The second kappa shape index (κ2) is 40.5. The van der Waals surface area contributed by atoms with Gasteiger partial charge in [-0.05, 0) is 24.7 Å². The van der Waals surface area contributed by atoms with Gasteiger partial charge in [-0.1, -0.05) is 182 Å². The highest BCUT2D eigenvalue weighted by Crippen LogP contribution is 2.16. The molecule has 0 aliphatic carbocycles. The monoisotopic (exact) mass is 820 g/mol. The molecule has 336 valence electrons. The van der Waals surface area contributed by atoms with Gasteiger partial charge >= 0.3 is 0 Å². The maximum Gasteiger partial charge on any atom is 0.220 e. The molecule has 0 aromatic carbocycles. The quantitative estimate of drug-likeness (QED) is 0.0242. The van der Waals surface area contributed by atoms with E-state index < -0.39 is 10.4 Å². The van der Waals surface area contributed by atoms with Crippen molar-refractivity contribution in [1.82, 2.24) is 10.6 Å². The minimum atomic E-state index is -4.41. The van der Waals surface area contributed by atoms with E-state index in [1.165, 1.54) is 141 Å². The molecular weight excluding hydrogens is 727 g/mol. The van der Waals surface area contributed by atoms with E-state index in [9.17, 15) is 27.7 Å². The molecule has 0 aliphatic rings. The highest BCUT2D eigenvalue weighted by molar-refractivity contribution is 7.80. The molecule has 1 atom stereocenters. The predicted molar refractivity (Wildman–Crippen MR) is 234 cm³/mol. The first kappa shape index (κ1) is 56.8. The lowest BCUT2D eigenvalue weighted by molar-refractivity contribution is -0.908. The number of rotatable bonds is 40. The molecule has 0 saturated carbocycles. The molecule has 0 aliphatic heterocycles. The van der Waals surface area contributed by atoms with Crippen molar-refractivity contribution in [2.24, 2.45) is 11.8 Å². The van der Waals surface area contributed by atoms with Crippen molar-refractivity contribution in [3.05, 3.63) is 0 Å². The third kappa shape index (κ3) is 47.1. The Morgan fingerprint density at radius 2 is 0.839 bits per heavy atom. The highest BCUT2D eigenvalue weighted by Gasteiger charge is 2.20. The fourth-order valence-corrected chi connectivity index (χ4v) is 7.12. The number of hydrogen-bond acceptors (Lipinski definition) is 7. The van der Waals surface area contributed by atoms with Crippen LogP contribution in [0.3, 0.4) is 0 Å². The number of hydrogen-bond donors (Lipinski definition) is 3. The summed E-state index contributed by atoms with van der Waals surface area (Å²) >= 11 is 0. The predicted octanol–water partition coefficient (Wildman–Crippen LogP) is 10.4. The van der Waals surface area contributed by atoms with E-state index in [-0.39, 0.29) is 18.4 Å². The lowest BCUT2D eigenvalue weighted by Crippen LogP contribution is -2.51. The zero-order valence-corrected chi connectivity index (χ0v) is 38.5. The summed E-state index contributed by atoms with van der Waals surface area (Å²) in [4.78, 5) is 24.7. The minimum Gasteiger partial charge on any atom is -0.726 e. The smallest absolute Gasteiger partial charge is 0.220 e. The molecule has 1 unspecified atom stereocenters. The van der Waals surface area contributed by atoms with Gasteiger partial charge in [-0.2, -0.15) is 0 Å². The summed E-state index contributed by atoms with van der Waals surface area (Å²) in [7, 11) is -1.46. The molecule has 3 N–H and O–H groups in total. The Kier molecular flexibility index (Phi) is 41.1. The SMILES string of the molecule is CC(C)CCCCCCCCCCCCCCC(=O)NCCC[N+](C)(CCO)CCNC(=O)CCCCCCCCCCCCCCC(C)C.COS(=O)(=O)[O-]. The van der Waals surface area contributed by atoms with Crippen LogP contribution in [0.4, 0.5) is 0 Å². The number of nitrogens with one attached hydrogen (secondary N) is 2. The average Bonchev–Trinajstić information content (AvgIpc) is 3.13. The number of aliphatic hydroxyl groups excluding tert-OH is 1. The minimum absolute atomic E-state index is 0.133. The van der Waals surface area contributed by atoms with Crippen LogP contribution >= 0.6 is 0 Å². The van der Waals surface area contributed by atoms with Gasteiger partial charge < -0.3 is 24.8 Å². The Hall–Kier alpha value is -1.27. The summed E-state index contributed by atoms with van der Waals surface area (Å²) < 4.78 is 31.7. The fourth-order valence-electron chi connectivity index (χ4n) is 7.12. The molecule has 10 nitrogen and oxygen atoms in total. The van der Waals surface area contributed by atoms with Crippen LogP contribution in [-0.4, -0.2) is 87.9 Å². The molecule has 11 heteroatoms. The van der Waals surface area contributed by atoms with Crippen LogP contribution in [0.5, 0.6) is 0 Å². The van der Waals surface area contributed by atoms with Crippen molar-refractivity contribution < 1.29 is 36.3 Å². The van der Waals surface area contributed by atoms with E-state index in [0.717, 1.165) is 64.1 Å². The van der Waals surface area contributed by atoms with Crippen molar-refractivity contribution in [2.45, 2.75) is 214 Å². The van der Waals surface area contributed by atoms with Gasteiger partial charge in [-0.25, -0.2) is 8.42 Å². The zero-order chi connectivity index (χ0) is 42.2. The number of aliphatic hydroxyl groups is 1. The number of amides is 2. The van der Waals surface area contributed by atoms with E-state index in [2.05, 4.69) is 49.6 Å². The van der Waals surface area contributed by atoms with Gasteiger partial charge in [-0.3, -0.25) is 13.8 Å².